The summed E-state index contributed by atoms with van der Waals surface area (Å²) in [5, 5.41) is 4.39. The molecule has 0 atom stereocenters. The zero-order chi connectivity index (χ0) is 14.5. The molecular weight excluding hydrogens is 254 g/mol. The fraction of sp³-hybridized carbons (Fsp3) is 0.429. The summed E-state index contributed by atoms with van der Waals surface area (Å²) < 4.78 is 7.35. The summed E-state index contributed by atoms with van der Waals surface area (Å²) in [7, 11) is 5.74. The Kier molecular flexibility index (Phi) is 4.57. The van der Waals surface area contributed by atoms with Crippen LogP contribution >= 0.6 is 0 Å². The molecule has 2 aromatic heterocycles. The molecule has 2 heterocycles. The van der Waals surface area contributed by atoms with E-state index >= 15 is 0 Å². The van der Waals surface area contributed by atoms with E-state index in [2.05, 4.69) is 15.0 Å². The van der Waals surface area contributed by atoms with Crippen LogP contribution in [0.25, 0.3) is 0 Å². The number of anilines is 1. The molecular formula is C14H21N5O. The second-order valence-electron chi connectivity index (χ2n) is 4.94. The molecule has 2 N–H and O–H groups in total. The highest BCUT2D eigenvalue weighted by atomic mass is 16.5. The third-order valence-corrected chi connectivity index (χ3v) is 3.19. The van der Waals surface area contributed by atoms with Crippen molar-refractivity contribution in [3.63, 3.8) is 0 Å². The summed E-state index contributed by atoms with van der Waals surface area (Å²) >= 11 is 0. The molecule has 0 spiro atoms. The maximum atomic E-state index is 5.98. The number of likely N-dealkylation sites (N-methyl/N-ethyl adjacent to an activating group) is 1. The average molecular weight is 275 g/mol. The number of pyridine rings is 1. The zero-order valence-corrected chi connectivity index (χ0v) is 12.2. The summed E-state index contributed by atoms with van der Waals surface area (Å²) in [6.45, 7) is 1.73. The van der Waals surface area contributed by atoms with Gasteiger partial charge in [-0.2, -0.15) is 5.10 Å². The van der Waals surface area contributed by atoms with Gasteiger partial charge in [-0.15, -0.1) is 0 Å². The van der Waals surface area contributed by atoms with Crippen molar-refractivity contribution in [3.8, 4) is 5.75 Å². The lowest BCUT2D eigenvalue weighted by Crippen LogP contribution is -2.20. The second kappa shape index (κ2) is 6.38. The Bertz CT molecular complexity index is 564. The highest BCUT2D eigenvalue weighted by Gasteiger charge is 2.13. The summed E-state index contributed by atoms with van der Waals surface area (Å²) in [6, 6.07) is 1.81. The Morgan fingerprint density at radius 3 is 2.80 bits per heavy atom. The summed E-state index contributed by atoms with van der Waals surface area (Å²) in [6.07, 6.45) is 5.89. The Balaban J connectivity index is 2.24. The molecule has 108 valence electrons. The van der Waals surface area contributed by atoms with Crippen molar-refractivity contribution in [1.82, 2.24) is 19.7 Å². The first-order valence-electron chi connectivity index (χ1n) is 6.53. The molecule has 2 rings (SSSR count). The highest BCUT2D eigenvalue weighted by Crippen LogP contribution is 2.23. The molecule has 0 aliphatic rings. The molecule has 20 heavy (non-hydrogen) atoms. The van der Waals surface area contributed by atoms with Crippen LogP contribution in [0.1, 0.15) is 11.3 Å². The van der Waals surface area contributed by atoms with Crippen molar-refractivity contribution in [2.75, 3.05) is 33.5 Å². The van der Waals surface area contributed by atoms with E-state index in [-0.39, 0.29) is 0 Å². The van der Waals surface area contributed by atoms with E-state index in [1.165, 1.54) is 0 Å². The van der Waals surface area contributed by atoms with E-state index in [9.17, 15) is 0 Å². The van der Waals surface area contributed by atoms with Gasteiger partial charge in [-0.25, -0.2) is 0 Å². The second-order valence-corrected chi connectivity index (χ2v) is 4.94. The molecule has 0 aliphatic carbocycles. The van der Waals surface area contributed by atoms with Crippen LogP contribution in [0.15, 0.2) is 24.7 Å². The van der Waals surface area contributed by atoms with E-state index < -0.39 is 0 Å². The lowest BCUT2D eigenvalue weighted by molar-refractivity contribution is 0.366. The number of aromatic nitrogens is 3. The molecule has 0 aliphatic heterocycles. The van der Waals surface area contributed by atoms with Gasteiger partial charge in [-0.05, 0) is 25.7 Å². The first-order valence-corrected chi connectivity index (χ1v) is 6.53. The van der Waals surface area contributed by atoms with Gasteiger partial charge in [0, 0.05) is 31.0 Å². The van der Waals surface area contributed by atoms with Gasteiger partial charge >= 0.3 is 0 Å². The molecule has 0 amide bonds. The van der Waals surface area contributed by atoms with Crippen molar-refractivity contribution >= 4 is 5.69 Å². The van der Waals surface area contributed by atoms with Crippen LogP contribution in [0.5, 0.6) is 5.75 Å². The molecule has 0 radical (unpaired) electrons. The van der Waals surface area contributed by atoms with Crippen LogP contribution in [0.2, 0.25) is 0 Å². The predicted molar refractivity (Wildman–Crippen MR) is 78.8 cm³/mol. The molecule has 0 aromatic carbocycles. The van der Waals surface area contributed by atoms with Gasteiger partial charge in [0.1, 0.15) is 0 Å². The van der Waals surface area contributed by atoms with Crippen molar-refractivity contribution in [3.05, 3.63) is 35.9 Å². The number of ether oxygens (including phenoxy) is 1. The fourth-order valence-corrected chi connectivity index (χ4v) is 2.00. The van der Waals surface area contributed by atoms with Crippen molar-refractivity contribution in [2.24, 2.45) is 0 Å². The molecule has 0 unspecified atom stereocenters. The van der Waals surface area contributed by atoms with Crippen LogP contribution in [-0.2, 0) is 13.0 Å². The van der Waals surface area contributed by atoms with Crippen LogP contribution < -0.4 is 10.5 Å². The van der Waals surface area contributed by atoms with Gasteiger partial charge in [0.15, 0.2) is 5.75 Å². The van der Waals surface area contributed by atoms with Gasteiger partial charge in [0.05, 0.1) is 25.5 Å². The summed E-state index contributed by atoms with van der Waals surface area (Å²) in [5.74, 6) is 0.784. The van der Waals surface area contributed by atoms with Gasteiger partial charge in [-0.1, -0.05) is 0 Å². The molecule has 0 bridgehead atoms. The maximum absolute atomic E-state index is 5.98. The van der Waals surface area contributed by atoms with Crippen LogP contribution in [-0.4, -0.2) is 47.4 Å². The van der Waals surface area contributed by atoms with E-state index in [0.717, 1.165) is 35.8 Å². The standard InChI is InChI=1S/C14H21N5O/c1-18(2)6-7-19-13(14(20-3)10-17-19)8-11-9-16-5-4-12(11)15/h4-5,9-10H,6-8H2,1-3H3,(H2,15,16). The first kappa shape index (κ1) is 14.3. The van der Waals surface area contributed by atoms with Crippen LogP contribution in [0.4, 0.5) is 5.69 Å². The number of methoxy groups -OCH3 is 1. The van der Waals surface area contributed by atoms with Crippen molar-refractivity contribution in [2.45, 2.75) is 13.0 Å². The largest absolute Gasteiger partial charge is 0.493 e. The normalized spacial score (nSPS) is 11.0. The predicted octanol–water partition coefficient (Wildman–Crippen LogP) is 1.02. The average Bonchev–Trinajstić information content (AvgIpc) is 2.81. The number of nitrogen functional groups attached to an aromatic ring is 1. The quantitative estimate of drug-likeness (QED) is 0.852. The molecule has 6 heteroatoms. The lowest BCUT2D eigenvalue weighted by atomic mass is 10.1. The third kappa shape index (κ3) is 3.27. The minimum atomic E-state index is 0.663. The Morgan fingerprint density at radius 2 is 2.15 bits per heavy atom. The smallest absolute Gasteiger partial charge is 0.160 e. The van der Waals surface area contributed by atoms with E-state index in [4.69, 9.17) is 10.5 Å². The zero-order valence-electron chi connectivity index (χ0n) is 12.2. The highest BCUT2D eigenvalue weighted by molar-refractivity contribution is 5.47. The van der Waals surface area contributed by atoms with Crippen molar-refractivity contribution in [1.29, 1.82) is 0 Å². The van der Waals surface area contributed by atoms with E-state index in [1.54, 1.807) is 25.7 Å². The van der Waals surface area contributed by atoms with Crippen LogP contribution in [0, 0.1) is 0 Å². The fourth-order valence-electron chi connectivity index (χ4n) is 2.00. The number of rotatable bonds is 6. The Hall–Kier alpha value is -2.08. The minimum absolute atomic E-state index is 0.663. The minimum Gasteiger partial charge on any atom is -0.493 e. The van der Waals surface area contributed by atoms with Gasteiger partial charge < -0.3 is 15.4 Å². The number of hydrogen-bond acceptors (Lipinski definition) is 5. The molecule has 0 saturated heterocycles. The maximum Gasteiger partial charge on any atom is 0.160 e. The Morgan fingerprint density at radius 1 is 1.35 bits per heavy atom. The van der Waals surface area contributed by atoms with E-state index in [1.807, 2.05) is 24.8 Å². The third-order valence-electron chi connectivity index (χ3n) is 3.19. The topological polar surface area (TPSA) is 69.2 Å². The molecule has 0 fully saturated rings. The SMILES string of the molecule is COc1cnn(CCN(C)C)c1Cc1cnccc1N. The van der Waals surface area contributed by atoms with Gasteiger partial charge in [0.25, 0.3) is 0 Å². The molecule has 2 aromatic rings. The molecule has 6 nitrogen and oxygen atoms in total. The monoisotopic (exact) mass is 275 g/mol. The van der Waals surface area contributed by atoms with E-state index in [0.29, 0.717) is 6.42 Å². The van der Waals surface area contributed by atoms with Crippen LogP contribution in [0.3, 0.4) is 0 Å². The number of nitrogens with two attached hydrogens (primary N) is 1. The lowest BCUT2D eigenvalue weighted by Gasteiger charge is -2.13. The van der Waals surface area contributed by atoms with Gasteiger partial charge in [0.2, 0.25) is 0 Å². The number of nitrogens with zero attached hydrogens (tertiary/aromatic N) is 4. The first-order chi connectivity index (χ1) is 9.61. The summed E-state index contributed by atoms with van der Waals surface area (Å²) in [4.78, 5) is 6.25. The van der Waals surface area contributed by atoms with Gasteiger partial charge in [-0.3, -0.25) is 9.67 Å². The number of hydrogen-bond donors (Lipinski definition) is 1. The Labute approximate surface area is 119 Å². The van der Waals surface area contributed by atoms with Crippen molar-refractivity contribution < 1.29 is 4.74 Å². The summed E-state index contributed by atoms with van der Waals surface area (Å²) in [5.41, 5.74) is 8.73. The molecule has 0 saturated carbocycles.